The van der Waals surface area contributed by atoms with Gasteiger partial charge in [0, 0.05) is 25.2 Å². The molecule has 0 fully saturated rings. The van der Waals surface area contributed by atoms with Crippen molar-refractivity contribution in [1.82, 2.24) is 8.87 Å². The Morgan fingerprint density at radius 3 is 2.34 bits per heavy atom. The lowest BCUT2D eigenvalue weighted by molar-refractivity contribution is -0.137. The van der Waals surface area contributed by atoms with E-state index in [0.29, 0.717) is 16.6 Å². The molecule has 0 aliphatic heterocycles. The van der Waals surface area contributed by atoms with Crippen LogP contribution in [0.3, 0.4) is 0 Å². The van der Waals surface area contributed by atoms with Gasteiger partial charge in [0.2, 0.25) is 0 Å². The van der Waals surface area contributed by atoms with Gasteiger partial charge in [0.05, 0.1) is 16.8 Å². The lowest BCUT2D eigenvalue weighted by atomic mass is 9.99. The Kier molecular flexibility index (Phi) is 6.07. The predicted molar refractivity (Wildman–Crippen MR) is 128 cm³/mol. The number of amides is 1. The molecule has 182 valence electrons. The lowest BCUT2D eigenvalue weighted by Crippen LogP contribution is -2.28. The number of alkyl halides is 3. The summed E-state index contributed by atoms with van der Waals surface area (Å²) in [5.41, 5.74) is 6.24. The molecule has 35 heavy (non-hydrogen) atoms. The Morgan fingerprint density at radius 1 is 0.971 bits per heavy atom. The summed E-state index contributed by atoms with van der Waals surface area (Å²) in [6, 6.07) is 17.7. The van der Waals surface area contributed by atoms with Crippen molar-refractivity contribution in [2.24, 2.45) is 5.73 Å². The minimum Gasteiger partial charge on any atom is -0.364 e. The Hall–Kier alpha value is -3.83. The number of halogens is 3. The maximum absolute atomic E-state index is 13.6. The average molecular weight is 503 g/mol. The smallest absolute Gasteiger partial charge is 0.364 e. The number of carbonyl (C=O) groups excluding carboxylic acids is 1. The zero-order valence-corrected chi connectivity index (χ0v) is 19.5. The van der Waals surface area contributed by atoms with Crippen LogP contribution >= 0.6 is 0 Å². The first-order chi connectivity index (χ1) is 16.4. The van der Waals surface area contributed by atoms with Gasteiger partial charge >= 0.3 is 16.4 Å². The number of nitrogens with zero attached hydrogens (tertiary/aromatic N) is 2. The van der Waals surface area contributed by atoms with E-state index < -0.39 is 27.9 Å². The van der Waals surface area contributed by atoms with Crippen LogP contribution in [0.15, 0.2) is 72.8 Å². The minimum atomic E-state index is -4.55. The third kappa shape index (κ3) is 4.73. The number of fused-ring (bicyclic) bond motifs is 1. The zero-order chi connectivity index (χ0) is 25.5. The first-order valence-electron chi connectivity index (χ1n) is 10.3. The largest absolute Gasteiger partial charge is 0.417 e. The van der Waals surface area contributed by atoms with E-state index in [1.807, 2.05) is 0 Å². The van der Waals surface area contributed by atoms with E-state index in [9.17, 15) is 26.4 Å². The molecular formula is C24H21F3N4O3S. The van der Waals surface area contributed by atoms with Gasteiger partial charge < -0.3 is 10.3 Å². The van der Waals surface area contributed by atoms with Gasteiger partial charge in [-0.2, -0.15) is 25.9 Å². The molecule has 11 heteroatoms. The number of anilines is 1. The third-order valence-electron chi connectivity index (χ3n) is 5.43. The third-order valence-corrected chi connectivity index (χ3v) is 6.89. The van der Waals surface area contributed by atoms with Gasteiger partial charge in [0.25, 0.3) is 5.91 Å². The summed E-state index contributed by atoms with van der Waals surface area (Å²) >= 11 is 0. The quantitative estimate of drug-likeness (QED) is 0.402. The van der Waals surface area contributed by atoms with E-state index in [2.05, 4.69) is 4.72 Å². The van der Waals surface area contributed by atoms with Crippen LogP contribution in [0.1, 0.15) is 16.1 Å². The van der Waals surface area contributed by atoms with Gasteiger partial charge in [-0.15, -0.1) is 0 Å². The number of nitrogens with two attached hydrogens (primary N) is 1. The van der Waals surface area contributed by atoms with Gasteiger partial charge in [-0.3, -0.25) is 9.52 Å². The predicted octanol–water partition coefficient (Wildman–Crippen LogP) is 4.63. The first kappa shape index (κ1) is 24.3. The summed E-state index contributed by atoms with van der Waals surface area (Å²) in [4.78, 5) is 12.2. The number of aromatic nitrogens is 1. The monoisotopic (exact) mass is 502 g/mol. The molecule has 1 aromatic heterocycles. The second-order valence-corrected chi connectivity index (χ2v) is 9.87. The van der Waals surface area contributed by atoms with Crippen LogP contribution in [0.25, 0.3) is 27.7 Å². The Morgan fingerprint density at radius 2 is 1.69 bits per heavy atom. The molecule has 0 aliphatic rings. The Bertz CT molecular complexity index is 1540. The molecule has 0 atom stereocenters. The van der Waals surface area contributed by atoms with Crippen LogP contribution < -0.4 is 10.5 Å². The molecule has 1 heterocycles. The zero-order valence-electron chi connectivity index (χ0n) is 18.7. The molecule has 0 saturated heterocycles. The Balaban J connectivity index is 1.91. The minimum absolute atomic E-state index is 0.0154. The second kappa shape index (κ2) is 8.75. The Labute approximate surface area is 199 Å². The molecule has 7 nitrogen and oxygen atoms in total. The number of primary amides is 1. The van der Waals surface area contributed by atoms with Crippen molar-refractivity contribution in [2.45, 2.75) is 6.18 Å². The summed E-state index contributed by atoms with van der Waals surface area (Å²) in [5.74, 6) is -0.752. The lowest BCUT2D eigenvalue weighted by Gasteiger charge is -2.16. The van der Waals surface area contributed by atoms with E-state index >= 15 is 0 Å². The van der Waals surface area contributed by atoms with Gasteiger partial charge in [-0.25, -0.2) is 0 Å². The van der Waals surface area contributed by atoms with Crippen LogP contribution in [0, 0.1) is 0 Å². The van der Waals surface area contributed by atoms with Gasteiger partial charge in [0.1, 0.15) is 5.69 Å². The number of hydrogen-bond acceptors (Lipinski definition) is 3. The molecule has 0 bridgehead atoms. The van der Waals surface area contributed by atoms with Gasteiger partial charge in [-0.1, -0.05) is 36.4 Å². The molecule has 4 rings (SSSR count). The molecule has 3 N–H and O–H groups in total. The number of carbonyl (C=O) groups is 1. The number of rotatable bonds is 6. The van der Waals surface area contributed by atoms with Crippen molar-refractivity contribution in [3.8, 4) is 16.8 Å². The average Bonchev–Trinajstić information content (AvgIpc) is 3.17. The van der Waals surface area contributed by atoms with Crippen molar-refractivity contribution >= 4 is 32.7 Å². The highest BCUT2D eigenvalue weighted by Gasteiger charge is 2.33. The fraction of sp³-hybridized carbons (Fsp3) is 0.125. The molecule has 3 aromatic carbocycles. The first-order valence-corrected chi connectivity index (χ1v) is 11.7. The fourth-order valence-corrected chi connectivity index (χ4v) is 4.37. The highest BCUT2D eigenvalue weighted by Crippen LogP contribution is 2.38. The van der Waals surface area contributed by atoms with E-state index in [1.54, 1.807) is 24.3 Å². The molecule has 4 aromatic rings. The van der Waals surface area contributed by atoms with E-state index in [4.69, 9.17) is 5.73 Å². The van der Waals surface area contributed by atoms with Crippen molar-refractivity contribution in [2.75, 3.05) is 18.8 Å². The van der Waals surface area contributed by atoms with Crippen LogP contribution in [0.4, 0.5) is 18.9 Å². The van der Waals surface area contributed by atoms with Crippen molar-refractivity contribution < 1.29 is 26.4 Å². The highest BCUT2D eigenvalue weighted by molar-refractivity contribution is 7.90. The number of hydrogen-bond donors (Lipinski definition) is 2. The van der Waals surface area contributed by atoms with E-state index in [1.165, 1.54) is 61.1 Å². The normalized spacial score (nSPS) is 12.3. The number of nitrogens with one attached hydrogen (secondary N) is 1. The molecule has 0 saturated carbocycles. The van der Waals surface area contributed by atoms with Crippen LogP contribution in [-0.2, 0) is 16.4 Å². The number of benzene rings is 3. The van der Waals surface area contributed by atoms with Crippen molar-refractivity contribution in [3.05, 3.63) is 84.1 Å². The summed E-state index contributed by atoms with van der Waals surface area (Å²) in [6.07, 6.45) is -4.55. The van der Waals surface area contributed by atoms with E-state index in [0.717, 1.165) is 10.4 Å². The molecule has 1 amide bonds. The summed E-state index contributed by atoms with van der Waals surface area (Å²) in [7, 11) is -1.04. The van der Waals surface area contributed by atoms with Crippen LogP contribution in [0.5, 0.6) is 0 Å². The SMILES string of the molecule is CN(C)S(=O)(=O)Nc1ccc2cc(C(N)=O)n(-c3cccc(-c4ccccc4C(F)(F)F)c3)c2c1. The standard InChI is InChI=1S/C24H21F3N4O3S/c1-30(2)35(33,34)29-17-11-10-16-13-22(23(28)32)31(21(16)14-17)18-7-5-6-15(12-18)19-8-3-4-9-20(19)24(25,26)27/h3-14,29H,1-2H3,(H2,28,32). The maximum atomic E-state index is 13.6. The van der Waals surface area contributed by atoms with Gasteiger partial charge in [0.15, 0.2) is 0 Å². The van der Waals surface area contributed by atoms with Crippen LogP contribution in [0.2, 0.25) is 0 Å². The molecule has 0 aliphatic carbocycles. The van der Waals surface area contributed by atoms with Gasteiger partial charge in [-0.05, 0) is 47.5 Å². The summed E-state index contributed by atoms with van der Waals surface area (Å²) in [6.45, 7) is 0. The van der Waals surface area contributed by atoms with Crippen molar-refractivity contribution in [1.29, 1.82) is 0 Å². The maximum Gasteiger partial charge on any atom is 0.417 e. The topological polar surface area (TPSA) is 97.4 Å². The molecule has 0 spiro atoms. The molecule has 0 unspecified atom stereocenters. The summed E-state index contributed by atoms with van der Waals surface area (Å²) < 4.78 is 70.2. The second-order valence-electron chi connectivity index (χ2n) is 7.99. The molecule has 0 radical (unpaired) electrons. The van der Waals surface area contributed by atoms with E-state index in [-0.39, 0.29) is 22.5 Å². The van der Waals surface area contributed by atoms with Crippen molar-refractivity contribution in [3.63, 3.8) is 0 Å². The summed E-state index contributed by atoms with van der Waals surface area (Å²) in [5, 5.41) is 0.590. The highest BCUT2D eigenvalue weighted by atomic mass is 32.2. The van der Waals surface area contributed by atoms with Crippen LogP contribution in [-0.4, -0.2) is 37.3 Å². The molecular weight excluding hydrogens is 481 g/mol. The fourth-order valence-electron chi connectivity index (χ4n) is 3.76.